The second-order valence-electron chi connectivity index (χ2n) is 7.02. The van der Waals surface area contributed by atoms with E-state index < -0.39 is 23.4 Å². The molecule has 0 saturated heterocycles. The summed E-state index contributed by atoms with van der Waals surface area (Å²) in [6, 6.07) is 5.54. The lowest BCUT2D eigenvalue weighted by Gasteiger charge is -2.32. The standard InChI is InChI=1S/C21H27N3O5/c1-21(2,22-3)18(20(26)24-27)23-19(25)16-6-8-17(9-7-16)29-12-4-5-15-10-13-28-14-11-15/h6-10,18,22,27H,11-14H2,1-3H3,(H,23,25)(H,24,26). The summed E-state index contributed by atoms with van der Waals surface area (Å²) in [6.07, 6.45) is 2.78. The normalized spacial score (nSPS) is 14.7. The highest BCUT2D eigenvalue weighted by Crippen LogP contribution is 2.14. The number of amides is 2. The Morgan fingerprint density at radius 3 is 2.62 bits per heavy atom. The van der Waals surface area contributed by atoms with Gasteiger partial charge in [-0.05, 0) is 51.2 Å². The lowest BCUT2D eigenvalue weighted by atomic mass is 9.93. The van der Waals surface area contributed by atoms with Crippen LogP contribution in [0.5, 0.6) is 5.75 Å². The molecule has 8 nitrogen and oxygen atoms in total. The molecule has 29 heavy (non-hydrogen) atoms. The topological polar surface area (TPSA) is 109 Å². The molecule has 1 heterocycles. The number of carbonyl (C=O) groups excluding carboxylic acids is 2. The van der Waals surface area contributed by atoms with E-state index in [0.29, 0.717) is 24.5 Å². The van der Waals surface area contributed by atoms with Gasteiger partial charge in [0.05, 0.1) is 13.2 Å². The molecule has 0 radical (unpaired) electrons. The van der Waals surface area contributed by atoms with Crippen LogP contribution in [-0.4, -0.2) is 55.5 Å². The van der Waals surface area contributed by atoms with E-state index in [0.717, 1.165) is 12.0 Å². The molecular weight excluding hydrogens is 374 g/mol. The van der Waals surface area contributed by atoms with Crippen LogP contribution in [0.2, 0.25) is 0 Å². The quantitative estimate of drug-likeness (QED) is 0.309. The first-order valence-corrected chi connectivity index (χ1v) is 9.29. The summed E-state index contributed by atoms with van der Waals surface area (Å²) in [5, 5.41) is 14.5. The van der Waals surface area contributed by atoms with Gasteiger partial charge in [-0.15, -0.1) is 0 Å². The Morgan fingerprint density at radius 1 is 1.31 bits per heavy atom. The summed E-state index contributed by atoms with van der Waals surface area (Å²) in [4.78, 5) is 24.4. The molecule has 0 fully saturated rings. The second kappa shape index (κ2) is 10.6. The summed E-state index contributed by atoms with van der Waals surface area (Å²) >= 11 is 0. The van der Waals surface area contributed by atoms with E-state index in [1.807, 2.05) is 6.08 Å². The van der Waals surface area contributed by atoms with E-state index in [4.69, 9.17) is 14.7 Å². The Morgan fingerprint density at radius 2 is 2.03 bits per heavy atom. The molecule has 1 aliphatic heterocycles. The molecule has 0 aromatic heterocycles. The zero-order chi connectivity index (χ0) is 21.3. The number of hydrogen-bond donors (Lipinski definition) is 4. The van der Waals surface area contributed by atoms with Crippen LogP contribution in [0, 0.1) is 11.8 Å². The molecule has 0 bridgehead atoms. The van der Waals surface area contributed by atoms with Gasteiger partial charge in [0.1, 0.15) is 18.4 Å². The molecule has 4 N–H and O–H groups in total. The van der Waals surface area contributed by atoms with Gasteiger partial charge >= 0.3 is 0 Å². The number of ether oxygens (including phenoxy) is 2. The SMILES string of the molecule is CNC(C)(C)C(NC(=O)c1ccc(OCC#CC2=CCOCC2)cc1)C(=O)NO. The van der Waals surface area contributed by atoms with Crippen molar-refractivity contribution in [3.05, 3.63) is 41.5 Å². The van der Waals surface area contributed by atoms with Crippen LogP contribution in [0.15, 0.2) is 35.9 Å². The number of hydrogen-bond acceptors (Lipinski definition) is 6. The van der Waals surface area contributed by atoms with Crippen molar-refractivity contribution in [2.75, 3.05) is 26.9 Å². The summed E-state index contributed by atoms with van der Waals surface area (Å²) in [6.45, 7) is 5.00. The van der Waals surface area contributed by atoms with E-state index >= 15 is 0 Å². The van der Waals surface area contributed by atoms with Crippen molar-refractivity contribution in [3.8, 4) is 17.6 Å². The Labute approximate surface area is 170 Å². The summed E-state index contributed by atoms with van der Waals surface area (Å²) in [7, 11) is 1.66. The number of likely N-dealkylation sites (N-methyl/N-ethyl adjacent to an activating group) is 1. The van der Waals surface area contributed by atoms with Crippen LogP contribution >= 0.6 is 0 Å². The van der Waals surface area contributed by atoms with Gasteiger partial charge in [-0.1, -0.05) is 11.8 Å². The maximum Gasteiger partial charge on any atom is 0.267 e. The molecule has 156 valence electrons. The molecule has 2 rings (SSSR count). The van der Waals surface area contributed by atoms with Crippen molar-refractivity contribution in [2.24, 2.45) is 0 Å². The van der Waals surface area contributed by atoms with Crippen molar-refractivity contribution in [3.63, 3.8) is 0 Å². The van der Waals surface area contributed by atoms with Crippen LogP contribution in [0.1, 0.15) is 30.6 Å². The summed E-state index contributed by atoms with van der Waals surface area (Å²) in [5.74, 6) is 5.44. The van der Waals surface area contributed by atoms with Crippen LogP contribution in [-0.2, 0) is 9.53 Å². The Hall–Kier alpha value is -2.86. The maximum atomic E-state index is 12.5. The molecule has 1 aliphatic rings. The fourth-order valence-electron chi connectivity index (χ4n) is 2.61. The molecule has 1 aromatic rings. The fourth-order valence-corrected chi connectivity index (χ4v) is 2.61. The van der Waals surface area contributed by atoms with Gasteiger partial charge in [-0.3, -0.25) is 14.8 Å². The van der Waals surface area contributed by atoms with Crippen LogP contribution in [0.25, 0.3) is 0 Å². The average Bonchev–Trinajstić information content (AvgIpc) is 2.75. The summed E-state index contributed by atoms with van der Waals surface area (Å²) in [5.41, 5.74) is 2.23. The minimum Gasteiger partial charge on any atom is -0.481 e. The number of benzene rings is 1. The minimum atomic E-state index is -0.976. The van der Waals surface area contributed by atoms with Crippen molar-refractivity contribution in [1.82, 2.24) is 16.1 Å². The van der Waals surface area contributed by atoms with E-state index in [-0.39, 0.29) is 6.61 Å². The largest absolute Gasteiger partial charge is 0.481 e. The number of hydroxylamine groups is 1. The molecule has 0 aliphatic carbocycles. The minimum absolute atomic E-state index is 0.235. The predicted molar refractivity (Wildman–Crippen MR) is 108 cm³/mol. The lowest BCUT2D eigenvalue weighted by molar-refractivity contribution is -0.132. The molecular formula is C21H27N3O5. The highest BCUT2D eigenvalue weighted by molar-refractivity contribution is 5.97. The average molecular weight is 401 g/mol. The smallest absolute Gasteiger partial charge is 0.267 e. The van der Waals surface area contributed by atoms with Crippen LogP contribution < -0.4 is 20.9 Å². The number of carbonyl (C=O) groups is 2. The van der Waals surface area contributed by atoms with Crippen molar-refractivity contribution >= 4 is 11.8 Å². The molecule has 8 heteroatoms. The zero-order valence-electron chi connectivity index (χ0n) is 16.9. The fraction of sp³-hybridized carbons (Fsp3) is 0.429. The van der Waals surface area contributed by atoms with E-state index in [1.54, 1.807) is 50.6 Å². The van der Waals surface area contributed by atoms with E-state index in [1.165, 1.54) is 0 Å². The molecule has 1 unspecified atom stereocenters. The number of nitrogens with one attached hydrogen (secondary N) is 3. The molecule has 1 atom stereocenters. The molecule has 0 saturated carbocycles. The first-order chi connectivity index (χ1) is 13.9. The highest BCUT2D eigenvalue weighted by Gasteiger charge is 2.35. The first-order valence-electron chi connectivity index (χ1n) is 9.29. The first kappa shape index (κ1) is 22.4. The highest BCUT2D eigenvalue weighted by atomic mass is 16.5. The zero-order valence-corrected chi connectivity index (χ0v) is 16.9. The van der Waals surface area contributed by atoms with Crippen LogP contribution in [0.4, 0.5) is 0 Å². The van der Waals surface area contributed by atoms with Crippen LogP contribution in [0.3, 0.4) is 0 Å². The number of rotatable bonds is 7. The Kier molecular flexibility index (Phi) is 8.21. The van der Waals surface area contributed by atoms with Gasteiger partial charge in [-0.2, -0.15) is 0 Å². The monoisotopic (exact) mass is 401 g/mol. The van der Waals surface area contributed by atoms with Gasteiger partial charge in [0.15, 0.2) is 0 Å². The van der Waals surface area contributed by atoms with E-state index in [2.05, 4.69) is 22.5 Å². The van der Waals surface area contributed by atoms with Crippen molar-refractivity contribution < 1.29 is 24.3 Å². The Bertz CT molecular complexity index is 806. The van der Waals surface area contributed by atoms with Gasteiger partial charge in [0.2, 0.25) is 0 Å². The predicted octanol–water partition coefficient (Wildman–Crippen LogP) is 1.02. The second-order valence-corrected chi connectivity index (χ2v) is 7.02. The maximum absolute atomic E-state index is 12.5. The van der Waals surface area contributed by atoms with Gasteiger partial charge in [0, 0.05) is 23.1 Å². The lowest BCUT2D eigenvalue weighted by Crippen LogP contribution is -2.62. The summed E-state index contributed by atoms with van der Waals surface area (Å²) < 4.78 is 10.8. The van der Waals surface area contributed by atoms with Gasteiger partial charge < -0.3 is 20.1 Å². The van der Waals surface area contributed by atoms with Crippen molar-refractivity contribution in [2.45, 2.75) is 31.8 Å². The molecule has 0 spiro atoms. The molecule has 2 amide bonds. The van der Waals surface area contributed by atoms with Gasteiger partial charge in [0.25, 0.3) is 11.8 Å². The third kappa shape index (κ3) is 6.61. The van der Waals surface area contributed by atoms with Gasteiger partial charge in [-0.25, -0.2) is 5.48 Å². The third-order valence-electron chi connectivity index (χ3n) is 4.65. The molecule has 1 aromatic carbocycles. The third-order valence-corrected chi connectivity index (χ3v) is 4.65. The van der Waals surface area contributed by atoms with E-state index in [9.17, 15) is 9.59 Å². The van der Waals surface area contributed by atoms with Crippen molar-refractivity contribution in [1.29, 1.82) is 0 Å². The Balaban J connectivity index is 1.94.